The minimum absolute atomic E-state index is 0.111. The summed E-state index contributed by atoms with van der Waals surface area (Å²) in [6, 6.07) is 66.8. The average Bonchev–Trinajstić information content (AvgIpc) is 3.47. The molecule has 0 heterocycles. The summed E-state index contributed by atoms with van der Waals surface area (Å²) in [6.07, 6.45) is 7.26. The van der Waals surface area contributed by atoms with E-state index >= 15 is 0 Å². The minimum Gasteiger partial charge on any atom is -0.497 e. The van der Waals surface area contributed by atoms with Crippen LogP contribution >= 0.6 is 35.0 Å². The number of nitriles is 2. The molecule has 0 amide bonds. The van der Waals surface area contributed by atoms with Crippen molar-refractivity contribution in [3.63, 3.8) is 0 Å². The lowest BCUT2D eigenvalue weighted by Gasteiger charge is -1.97. The van der Waals surface area contributed by atoms with Gasteiger partial charge in [-0.05, 0) is 197 Å². The first-order valence-corrected chi connectivity index (χ1v) is 28.0. The van der Waals surface area contributed by atoms with E-state index in [9.17, 15) is 13.6 Å². The maximum atomic E-state index is 12.5. The zero-order valence-corrected chi connectivity index (χ0v) is 52.1. The summed E-state index contributed by atoms with van der Waals surface area (Å²) in [7, 11) is 1.67. The number of halogens is 4. The Labute approximate surface area is 503 Å². The van der Waals surface area contributed by atoms with Crippen LogP contribution in [0.1, 0.15) is 95.2 Å². The van der Waals surface area contributed by atoms with Crippen molar-refractivity contribution >= 4 is 40.7 Å². The molecule has 0 fully saturated rings. The third-order valence-electron chi connectivity index (χ3n) is 11.1. The lowest BCUT2D eigenvalue weighted by atomic mass is 10.1. The summed E-state index contributed by atoms with van der Waals surface area (Å²) >= 11 is 13.1. The van der Waals surface area contributed by atoms with Crippen molar-refractivity contribution in [1.82, 2.24) is 0 Å². The summed E-state index contributed by atoms with van der Waals surface area (Å²) in [5, 5.41) is 18.0. The average molecular weight is 1150 g/mol. The number of thioether (sulfide) groups is 1. The highest BCUT2D eigenvalue weighted by atomic mass is 35.5. The van der Waals surface area contributed by atoms with E-state index in [1.807, 2.05) is 157 Å². The van der Waals surface area contributed by atoms with Crippen LogP contribution in [0.3, 0.4) is 0 Å². The number of hydrogen-bond donors (Lipinski definition) is 0. The molecule has 0 radical (unpaired) electrons. The highest BCUT2D eigenvalue weighted by Crippen LogP contribution is 2.22. The molecule has 4 nitrogen and oxygen atoms in total. The first kappa shape index (κ1) is 71.8. The molecule has 0 saturated heterocycles. The number of carbonyl (C=O) groups excluding carboxylic acids is 1. The monoisotopic (exact) mass is 1150 g/mol. The van der Waals surface area contributed by atoms with Crippen LogP contribution in [0.25, 0.3) is 0 Å². The van der Waals surface area contributed by atoms with Crippen molar-refractivity contribution in [2.75, 3.05) is 13.4 Å². The van der Waals surface area contributed by atoms with Crippen LogP contribution < -0.4 is 4.74 Å². The molecule has 0 unspecified atom stereocenters. The first-order chi connectivity index (χ1) is 38.9. The van der Waals surface area contributed by atoms with Crippen LogP contribution in [0.4, 0.5) is 8.78 Å². The number of aryl methyl sites for hydroxylation is 11. The Morgan fingerprint density at radius 2 is 0.890 bits per heavy atom. The van der Waals surface area contributed by atoms with Crippen LogP contribution in [-0.4, -0.2) is 19.1 Å². The molecule has 0 atom stereocenters. The van der Waals surface area contributed by atoms with Gasteiger partial charge in [0.1, 0.15) is 23.5 Å². The van der Waals surface area contributed by atoms with E-state index in [2.05, 4.69) is 94.5 Å². The highest BCUT2D eigenvalue weighted by molar-refractivity contribution is 7.98. The van der Waals surface area contributed by atoms with Crippen LogP contribution in [0.15, 0.2) is 205 Å². The topological polar surface area (TPSA) is 73.9 Å². The van der Waals surface area contributed by atoms with Crippen LogP contribution in [-0.2, 0) is 0 Å². The van der Waals surface area contributed by atoms with Gasteiger partial charge >= 0.3 is 0 Å². The third-order valence-corrected chi connectivity index (χ3v) is 12.6. The molecule has 0 saturated carbocycles. The number of terminal acetylenes is 1. The van der Waals surface area contributed by atoms with Gasteiger partial charge in [0.2, 0.25) is 0 Å². The smallest absolute Gasteiger partial charge is 0.159 e. The number of carbonyl (C=O) groups is 1. The largest absolute Gasteiger partial charge is 0.497 e. The van der Waals surface area contributed by atoms with E-state index in [-0.39, 0.29) is 17.2 Å². The van der Waals surface area contributed by atoms with Crippen molar-refractivity contribution in [1.29, 1.82) is 10.5 Å². The van der Waals surface area contributed by atoms with Crippen molar-refractivity contribution in [3.05, 3.63) is 305 Å². The van der Waals surface area contributed by atoms with Gasteiger partial charge in [-0.1, -0.05) is 183 Å². The van der Waals surface area contributed by atoms with Gasteiger partial charge in [-0.15, -0.1) is 18.2 Å². The fourth-order valence-electron chi connectivity index (χ4n) is 6.40. The molecule has 9 aromatic rings. The molecule has 0 aliphatic rings. The number of hydrogen-bond acceptors (Lipinski definition) is 5. The van der Waals surface area contributed by atoms with Crippen molar-refractivity contribution in [2.45, 2.75) is 88.0 Å². The van der Waals surface area contributed by atoms with Crippen LogP contribution in [0, 0.1) is 123 Å². The molecule has 0 N–H and O–H groups in total. The fourth-order valence-corrected chi connectivity index (χ4v) is 7.27. The third kappa shape index (κ3) is 32.8. The molecular formula is C73H76Cl2F2N2O2S. The highest BCUT2D eigenvalue weighted by Gasteiger charge is 1.99. The van der Waals surface area contributed by atoms with E-state index < -0.39 is 5.82 Å². The Bertz CT molecular complexity index is 3380. The molecule has 0 bridgehead atoms. The first-order valence-electron chi connectivity index (χ1n) is 26.1. The van der Waals surface area contributed by atoms with Gasteiger partial charge in [0, 0.05) is 16.0 Å². The van der Waals surface area contributed by atoms with Crippen molar-refractivity contribution in [3.8, 4) is 30.2 Å². The Kier molecular flexibility index (Phi) is 35.8. The van der Waals surface area contributed by atoms with Gasteiger partial charge in [0.15, 0.2) is 5.78 Å². The fraction of sp³-hybridized carbons (Fsp3) is 0.192. The second-order valence-electron chi connectivity index (χ2n) is 18.9. The van der Waals surface area contributed by atoms with Crippen molar-refractivity contribution in [2.24, 2.45) is 0 Å². The number of ketones is 1. The molecule has 82 heavy (non-hydrogen) atoms. The Balaban J connectivity index is 0.000000462. The molecule has 9 heteroatoms. The molecule has 9 aromatic carbocycles. The number of methoxy groups -OCH3 is 1. The van der Waals surface area contributed by atoms with Crippen molar-refractivity contribution < 1.29 is 18.3 Å². The van der Waals surface area contributed by atoms with Gasteiger partial charge in [-0.25, -0.2) is 8.78 Å². The maximum Gasteiger partial charge on any atom is 0.159 e. The van der Waals surface area contributed by atoms with Crippen LogP contribution in [0.5, 0.6) is 5.75 Å². The lowest BCUT2D eigenvalue weighted by molar-refractivity contribution is 0.101. The number of Topliss-reactive ketones (excluding diaryl/α,β-unsaturated/α-hetero) is 1. The molecule has 0 spiro atoms. The Morgan fingerprint density at radius 1 is 0.463 bits per heavy atom. The summed E-state index contributed by atoms with van der Waals surface area (Å²) in [5.41, 5.74) is 15.2. The maximum absolute atomic E-state index is 12.5. The standard InChI is InChI=1S/C9H10O.C9H8.C8H6FN.C8H9F.C8H7N.C8H10O.C8H10S.C8H10.C7H6Cl2/c1-7-4-3-5-9(6-7)8(2)10;1-3-9-6-4-5-8(2)7-9;1-6-2-3-8(9)7(4-6)5-10;1-6-3-4-8(9)7(2)5-6;1-7-2-4-8(6-9)5-3-7;1-7-3-5-8(9-2)6-4-7;1-7-4-3-5-8(6-7)9-2;1-7-3-5-8(2)6-4-7;1-5-2-3-6(8)7(9)4-5/h3-6H,1-2H3;1,4-7H,2H3;2-4H,1H3;3-5H,1-2H3;2-5H,1H3;2*3-6H,1-2H3;3-6H,1-2H3;2-4H,1H3. The van der Waals surface area contributed by atoms with Gasteiger partial charge < -0.3 is 4.74 Å². The number of rotatable bonds is 3. The normalized spacial score (nSPS) is 9.16. The number of benzene rings is 9. The zero-order chi connectivity index (χ0) is 61.6. The second kappa shape index (κ2) is 40.9. The van der Waals surface area contributed by atoms with E-state index in [0.29, 0.717) is 10.0 Å². The predicted octanol–water partition coefficient (Wildman–Crippen LogP) is 20.8. The van der Waals surface area contributed by atoms with Gasteiger partial charge in [-0.3, -0.25) is 4.79 Å². The molecule has 424 valence electrons. The van der Waals surface area contributed by atoms with Crippen LogP contribution in [0.2, 0.25) is 10.0 Å². The molecule has 9 rings (SSSR count). The number of nitrogens with zero attached hydrogens (tertiary/aromatic N) is 2. The van der Waals surface area contributed by atoms with Gasteiger partial charge in [0.05, 0.1) is 34.4 Å². The van der Waals surface area contributed by atoms with E-state index in [4.69, 9.17) is 44.9 Å². The van der Waals surface area contributed by atoms with E-state index in [1.54, 1.807) is 57.0 Å². The second-order valence-corrected chi connectivity index (χ2v) is 20.6. The molecular weight excluding hydrogens is 1080 g/mol. The lowest BCUT2D eigenvalue weighted by Crippen LogP contribution is -1.90. The molecule has 0 aromatic heterocycles. The summed E-state index contributed by atoms with van der Waals surface area (Å²) in [5.74, 6) is 3.04. The zero-order valence-electron chi connectivity index (χ0n) is 49.8. The van der Waals surface area contributed by atoms with E-state index in [0.717, 1.165) is 50.3 Å². The molecule has 0 aliphatic carbocycles. The Hall–Kier alpha value is -8.22. The molecule has 0 aliphatic heterocycles. The number of ether oxygens (including phenoxy) is 1. The SMILES string of the molecule is C#Cc1cccc(C)c1.CC(=O)c1cccc(C)c1.COc1ccc(C)cc1.CSc1cccc(C)c1.Cc1ccc(C#N)cc1.Cc1ccc(C)cc1.Cc1ccc(Cl)c(Cl)c1.Cc1ccc(F)c(C#N)c1.Cc1ccc(F)c(C)c1. The quantitative estimate of drug-likeness (QED) is 0.100. The minimum atomic E-state index is -0.451. The Morgan fingerprint density at radius 3 is 1.26 bits per heavy atom. The summed E-state index contributed by atoms with van der Waals surface area (Å²) in [4.78, 5) is 12.1. The van der Waals surface area contributed by atoms with Gasteiger partial charge in [-0.2, -0.15) is 10.5 Å². The summed E-state index contributed by atoms with van der Waals surface area (Å²) in [6.45, 7) is 23.5. The van der Waals surface area contributed by atoms with E-state index in [1.165, 1.54) is 56.5 Å². The predicted molar refractivity (Wildman–Crippen MR) is 346 cm³/mol. The summed E-state index contributed by atoms with van der Waals surface area (Å²) < 4.78 is 30.0. The van der Waals surface area contributed by atoms with Gasteiger partial charge in [0.25, 0.3) is 0 Å².